The lowest BCUT2D eigenvalue weighted by molar-refractivity contribution is 0.416. The Morgan fingerprint density at radius 1 is 1.29 bits per heavy atom. The fraction of sp³-hybridized carbons (Fsp3) is 0.294. The average Bonchev–Trinajstić information content (AvgIpc) is 2.51. The van der Waals surface area contributed by atoms with Gasteiger partial charge in [-0.3, -0.25) is 0 Å². The summed E-state index contributed by atoms with van der Waals surface area (Å²) in [5.41, 5.74) is 3.42. The predicted molar refractivity (Wildman–Crippen MR) is 90.9 cm³/mol. The Labute approximate surface area is 134 Å². The molecule has 1 aliphatic heterocycles. The number of halogens is 1. The lowest BCUT2D eigenvalue weighted by Gasteiger charge is -2.27. The Morgan fingerprint density at radius 2 is 2.10 bits per heavy atom. The Morgan fingerprint density at radius 3 is 2.90 bits per heavy atom. The van der Waals surface area contributed by atoms with Crippen LogP contribution in [0.4, 0.5) is 5.69 Å². The number of hydrogen-bond acceptors (Lipinski definition) is 3. The number of anilines is 1. The number of methoxy groups -OCH3 is 1. The number of thioether (sulfide) groups is 1. The summed E-state index contributed by atoms with van der Waals surface area (Å²) in [5, 5.41) is 4.36. The van der Waals surface area contributed by atoms with E-state index in [1.54, 1.807) is 7.11 Å². The lowest BCUT2D eigenvalue weighted by atomic mass is 10.0. The van der Waals surface area contributed by atoms with Crippen LogP contribution in [-0.2, 0) is 0 Å². The molecule has 1 unspecified atom stereocenters. The van der Waals surface area contributed by atoms with Crippen molar-refractivity contribution in [1.82, 2.24) is 0 Å². The van der Waals surface area contributed by atoms with Crippen LogP contribution < -0.4 is 10.1 Å². The first-order chi connectivity index (χ1) is 10.2. The van der Waals surface area contributed by atoms with E-state index in [-0.39, 0.29) is 0 Å². The maximum Gasteiger partial charge on any atom is 0.143 e. The second kappa shape index (κ2) is 6.20. The molecule has 0 amide bonds. The van der Waals surface area contributed by atoms with E-state index in [2.05, 4.69) is 35.6 Å². The van der Waals surface area contributed by atoms with Gasteiger partial charge in [0.25, 0.3) is 0 Å². The maximum absolute atomic E-state index is 6.18. The van der Waals surface area contributed by atoms with Crippen LogP contribution in [0.1, 0.15) is 23.6 Å². The Hall–Kier alpha value is -1.32. The van der Waals surface area contributed by atoms with Gasteiger partial charge in [0, 0.05) is 21.7 Å². The van der Waals surface area contributed by atoms with Crippen molar-refractivity contribution in [1.29, 1.82) is 0 Å². The van der Waals surface area contributed by atoms with E-state index in [4.69, 9.17) is 16.3 Å². The van der Waals surface area contributed by atoms with Crippen LogP contribution in [0.15, 0.2) is 41.3 Å². The number of nitrogens with one attached hydrogen (secondary N) is 1. The molecule has 1 aliphatic rings. The van der Waals surface area contributed by atoms with Crippen molar-refractivity contribution in [3.05, 3.63) is 52.5 Å². The molecule has 0 fully saturated rings. The standard InChI is InChI=1S/C17H18ClNOS/c1-11-9-15(16(20-2)10-13(11)18)19-14-7-8-21-17-6-4-3-5-12(14)17/h3-6,9-10,14,19H,7-8H2,1-2H3. The van der Waals surface area contributed by atoms with Crippen LogP contribution in [-0.4, -0.2) is 12.9 Å². The summed E-state index contributed by atoms with van der Waals surface area (Å²) in [6.45, 7) is 2.01. The minimum atomic E-state index is 0.317. The van der Waals surface area contributed by atoms with Crippen LogP contribution in [0.3, 0.4) is 0 Å². The van der Waals surface area contributed by atoms with E-state index in [0.717, 1.165) is 34.2 Å². The van der Waals surface area contributed by atoms with Crippen molar-refractivity contribution in [3.63, 3.8) is 0 Å². The summed E-state index contributed by atoms with van der Waals surface area (Å²) in [6.07, 6.45) is 1.10. The minimum absolute atomic E-state index is 0.317. The number of ether oxygens (including phenoxy) is 1. The van der Waals surface area contributed by atoms with Crippen LogP contribution in [0.2, 0.25) is 5.02 Å². The zero-order chi connectivity index (χ0) is 14.8. The van der Waals surface area contributed by atoms with E-state index in [1.807, 2.05) is 24.8 Å². The molecule has 2 aromatic rings. The van der Waals surface area contributed by atoms with Crippen molar-refractivity contribution < 1.29 is 4.74 Å². The van der Waals surface area contributed by atoms with Gasteiger partial charge in [-0.15, -0.1) is 11.8 Å². The topological polar surface area (TPSA) is 21.3 Å². The molecular weight excluding hydrogens is 302 g/mol. The molecule has 1 atom stereocenters. The number of benzene rings is 2. The normalized spacial score (nSPS) is 17.2. The van der Waals surface area contributed by atoms with Crippen molar-refractivity contribution in [2.75, 3.05) is 18.2 Å². The van der Waals surface area contributed by atoms with Crippen molar-refractivity contribution in [3.8, 4) is 5.75 Å². The largest absolute Gasteiger partial charge is 0.495 e. The molecule has 2 aromatic carbocycles. The van der Waals surface area contributed by atoms with Crippen molar-refractivity contribution in [2.45, 2.75) is 24.3 Å². The summed E-state index contributed by atoms with van der Waals surface area (Å²) in [6, 6.07) is 12.9. The van der Waals surface area contributed by atoms with Gasteiger partial charge in [0.05, 0.1) is 18.8 Å². The van der Waals surface area contributed by atoms with Gasteiger partial charge in [0.15, 0.2) is 0 Å². The van der Waals surface area contributed by atoms with Crippen LogP contribution >= 0.6 is 23.4 Å². The van der Waals surface area contributed by atoms with Crippen LogP contribution in [0.25, 0.3) is 0 Å². The number of fused-ring (bicyclic) bond motifs is 1. The monoisotopic (exact) mass is 319 g/mol. The molecule has 0 radical (unpaired) electrons. The average molecular weight is 320 g/mol. The summed E-state index contributed by atoms with van der Waals surface area (Å²) >= 11 is 8.10. The fourth-order valence-corrected chi connectivity index (χ4v) is 3.90. The highest BCUT2D eigenvalue weighted by Gasteiger charge is 2.21. The highest BCUT2D eigenvalue weighted by atomic mass is 35.5. The first-order valence-electron chi connectivity index (χ1n) is 7.01. The number of aryl methyl sites for hydroxylation is 1. The summed E-state index contributed by atoms with van der Waals surface area (Å²) in [4.78, 5) is 1.37. The predicted octanol–water partition coefficient (Wildman–Crippen LogP) is 5.31. The van der Waals surface area contributed by atoms with E-state index in [1.165, 1.54) is 10.5 Å². The summed E-state index contributed by atoms with van der Waals surface area (Å²) < 4.78 is 5.46. The van der Waals surface area contributed by atoms with Crippen LogP contribution in [0.5, 0.6) is 5.75 Å². The molecule has 0 bridgehead atoms. The lowest BCUT2D eigenvalue weighted by Crippen LogP contribution is -2.16. The Kier molecular flexibility index (Phi) is 4.32. The third-order valence-corrected chi connectivity index (χ3v) is 5.30. The van der Waals surface area contributed by atoms with Gasteiger partial charge < -0.3 is 10.1 Å². The second-order valence-electron chi connectivity index (χ2n) is 5.17. The first-order valence-corrected chi connectivity index (χ1v) is 8.38. The van der Waals surface area contributed by atoms with Crippen molar-refractivity contribution >= 4 is 29.1 Å². The Balaban J connectivity index is 1.93. The fourth-order valence-electron chi connectivity index (χ4n) is 2.62. The van der Waals surface area contributed by atoms with Crippen LogP contribution in [0, 0.1) is 6.92 Å². The molecule has 1 heterocycles. The molecule has 0 spiro atoms. The molecule has 0 saturated heterocycles. The van der Waals surface area contributed by atoms with Gasteiger partial charge in [0.2, 0.25) is 0 Å². The van der Waals surface area contributed by atoms with Gasteiger partial charge in [-0.2, -0.15) is 0 Å². The zero-order valence-electron chi connectivity index (χ0n) is 12.2. The van der Waals surface area contributed by atoms with E-state index in [0.29, 0.717) is 6.04 Å². The van der Waals surface area contributed by atoms with Gasteiger partial charge in [0.1, 0.15) is 5.75 Å². The molecule has 0 aliphatic carbocycles. The van der Waals surface area contributed by atoms with Gasteiger partial charge in [-0.05, 0) is 36.6 Å². The van der Waals surface area contributed by atoms with E-state index < -0.39 is 0 Å². The van der Waals surface area contributed by atoms with E-state index in [9.17, 15) is 0 Å². The van der Waals surface area contributed by atoms with Gasteiger partial charge >= 0.3 is 0 Å². The zero-order valence-corrected chi connectivity index (χ0v) is 13.7. The van der Waals surface area contributed by atoms with Crippen molar-refractivity contribution in [2.24, 2.45) is 0 Å². The van der Waals surface area contributed by atoms with E-state index >= 15 is 0 Å². The third kappa shape index (κ3) is 2.99. The minimum Gasteiger partial charge on any atom is -0.495 e. The molecule has 110 valence electrons. The van der Waals surface area contributed by atoms with Gasteiger partial charge in [-0.1, -0.05) is 29.8 Å². The smallest absolute Gasteiger partial charge is 0.143 e. The second-order valence-corrected chi connectivity index (χ2v) is 6.72. The molecule has 2 nitrogen and oxygen atoms in total. The first kappa shape index (κ1) is 14.6. The molecular formula is C17H18ClNOS. The molecule has 0 saturated carbocycles. The molecule has 4 heteroatoms. The third-order valence-electron chi connectivity index (χ3n) is 3.77. The Bertz CT molecular complexity index is 659. The number of rotatable bonds is 3. The molecule has 0 aromatic heterocycles. The molecule has 21 heavy (non-hydrogen) atoms. The quantitative estimate of drug-likeness (QED) is 0.828. The highest BCUT2D eigenvalue weighted by Crippen LogP contribution is 2.40. The maximum atomic E-state index is 6.18. The molecule has 3 rings (SSSR count). The summed E-state index contributed by atoms with van der Waals surface area (Å²) in [7, 11) is 1.68. The SMILES string of the molecule is COc1cc(Cl)c(C)cc1NC1CCSc2ccccc21. The summed E-state index contributed by atoms with van der Waals surface area (Å²) in [5.74, 6) is 1.92. The highest BCUT2D eigenvalue weighted by molar-refractivity contribution is 7.99. The van der Waals surface area contributed by atoms with Gasteiger partial charge in [-0.25, -0.2) is 0 Å². The molecule has 1 N–H and O–H groups in total. The number of hydrogen-bond donors (Lipinski definition) is 1.